The Labute approximate surface area is 102 Å². The van der Waals surface area contributed by atoms with Crippen molar-refractivity contribution < 1.29 is 4.21 Å². The minimum atomic E-state index is -1.25. The van der Waals surface area contributed by atoms with Crippen LogP contribution in [0.5, 0.6) is 0 Å². The number of nitrogens with zero attached hydrogens (tertiary/aromatic N) is 2. The fourth-order valence-corrected chi connectivity index (χ4v) is 2.65. The summed E-state index contributed by atoms with van der Waals surface area (Å²) in [7, 11) is -1.25. The number of aromatic nitrogens is 2. The number of nitrogens with two attached hydrogens (primary N) is 1. The molecule has 2 aromatic heterocycles. The van der Waals surface area contributed by atoms with Crippen molar-refractivity contribution in [3.8, 4) is 0 Å². The third-order valence-electron chi connectivity index (χ3n) is 2.40. The Morgan fingerprint density at radius 1 is 1.24 bits per heavy atom. The maximum absolute atomic E-state index is 12.1. The molecule has 0 spiro atoms. The molecule has 0 aliphatic carbocycles. The third-order valence-corrected chi connectivity index (χ3v) is 3.71. The van der Waals surface area contributed by atoms with Crippen molar-refractivity contribution in [2.45, 2.75) is 17.7 Å². The lowest BCUT2D eigenvalue weighted by atomic mass is 10.2. The fraction of sp³-hybridized carbons (Fsp3) is 0.167. The van der Waals surface area contributed by atoms with Gasteiger partial charge in [0.1, 0.15) is 5.03 Å². The normalized spacial score (nSPS) is 12.3. The summed E-state index contributed by atoms with van der Waals surface area (Å²) in [4.78, 5) is 8.26. The van der Waals surface area contributed by atoms with Crippen molar-refractivity contribution >= 4 is 16.5 Å². The zero-order chi connectivity index (χ0) is 12.3. The van der Waals surface area contributed by atoms with E-state index < -0.39 is 10.8 Å². The van der Waals surface area contributed by atoms with Gasteiger partial charge in [-0.3, -0.25) is 9.19 Å². The number of nitrogen functional groups attached to an aromatic ring is 1. The van der Waals surface area contributed by atoms with E-state index in [1.54, 1.807) is 24.5 Å². The second-order valence-electron chi connectivity index (χ2n) is 3.65. The number of pyridine rings is 2. The molecule has 0 aliphatic heterocycles. The summed E-state index contributed by atoms with van der Waals surface area (Å²) in [6, 6.07) is 7.23. The van der Waals surface area contributed by atoms with E-state index in [1.165, 1.54) is 0 Å². The molecule has 2 aromatic rings. The van der Waals surface area contributed by atoms with Gasteiger partial charge in [-0.25, -0.2) is 4.98 Å². The van der Waals surface area contributed by atoms with Crippen molar-refractivity contribution in [2.75, 3.05) is 5.73 Å². The number of aryl methyl sites for hydroxylation is 1. The van der Waals surface area contributed by atoms with Crippen LogP contribution in [0.3, 0.4) is 0 Å². The Morgan fingerprint density at radius 3 is 2.65 bits per heavy atom. The van der Waals surface area contributed by atoms with E-state index in [1.807, 2.05) is 19.1 Å². The van der Waals surface area contributed by atoms with Crippen molar-refractivity contribution in [1.82, 2.24) is 9.97 Å². The molecular formula is C12H13N3OS. The van der Waals surface area contributed by atoms with Gasteiger partial charge in [0, 0.05) is 12.4 Å². The van der Waals surface area contributed by atoms with Gasteiger partial charge in [0.2, 0.25) is 0 Å². The topological polar surface area (TPSA) is 68.9 Å². The smallest absolute Gasteiger partial charge is 0.150 e. The van der Waals surface area contributed by atoms with Gasteiger partial charge in [0.15, 0.2) is 0 Å². The van der Waals surface area contributed by atoms with Crippen LogP contribution >= 0.6 is 0 Å². The molecule has 0 bridgehead atoms. The first-order valence-electron chi connectivity index (χ1n) is 5.18. The molecule has 2 rings (SSSR count). The molecule has 2 heterocycles. The summed E-state index contributed by atoms with van der Waals surface area (Å²) in [5.74, 6) is 0.341. The SMILES string of the molecule is Cc1cccnc1CS(=O)c1ncccc1N. The Bertz CT molecular complexity index is 557. The maximum Gasteiger partial charge on any atom is 0.150 e. The zero-order valence-corrected chi connectivity index (χ0v) is 10.3. The first-order valence-corrected chi connectivity index (χ1v) is 6.49. The van der Waals surface area contributed by atoms with E-state index in [0.717, 1.165) is 11.3 Å². The second kappa shape index (κ2) is 5.05. The molecule has 2 N–H and O–H groups in total. The van der Waals surface area contributed by atoms with Gasteiger partial charge >= 0.3 is 0 Å². The minimum Gasteiger partial charge on any atom is -0.396 e. The van der Waals surface area contributed by atoms with E-state index in [9.17, 15) is 4.21 Å². The van der Waals surface area contributed by atoms with Crippen molar-refractivity contribution in [3.63, 3.8) is 0 Å². The highest BCUT2D eigenvalue weighted by Gasteiger charge is 2.11. The second-order valence-corrected chi connectivity index (χ2v) is 5.02. The van der Waals surface area contributed by atoms with Gasteiger partial charge < -0.3 is 5.73 Å². The van der Waals surface area contributed by atoms with Gasteiger partial charge in [0.05, 0.1) is 27.9 Å². The Balaban J connectivity index is 2.24. The number of rotatable bonds is 3. The van der Waals surface area contributed by atoms with E-state index >= 15 is 0 Å². The number of hydrogen-bond donors (Lipinski definition) is 1. The van der Waals surface area contributed by atoms with E-state index in [4.69, 9.17) is 5.73 Å². The molecule has 88 valence electrons. The minimum absolute atomic E-state index is 0.341. The van der Waals surface area contributed by atoms with Crippen LogP contribution in [0.25, 0.3) is 0 Å². The zero-order valence-electron chi connectivity index (χ0n) is 9.46. The van der Waals surface area contributed by atoms with Crippen molar-refractivity contribution in [1.29, 1.82) is 0 Å². The molecule has 1 atom stereocenters. The Morgan fingerprint density at radius 2 is 1.94 bits per heavy atom. The van der Waals surface area contributed by atoms with Crippen LogP contribution in [0.1, 0.15) is 11.3 Å². The lowest BCUT2D eigenvalue weighted by molar-refractivity contribution is 0.679. The summed E-state index contributed by atoms with van der Waals surface area (Å²) >= 11 is 0. The Kier molecular flexibility index (Phi) is 3.49. The Hall–Kier alpha value is -1.75. The molecule has 0 saturated carbocycles. The standard InChI is InChI=1S/C12H13N3OS/c1-9-4-2-6-14-11(9)8-17(16)12-10(13)5-3-7-15-12/h2-7H,8,13H2,1H3. The summed E-state index contributed by atoms with van der Waals surface area (Å²) in [5, 5.41) is 0.428. The third kappa shape index (κ3) is 2.68. The molecule has 17 heavy (non-hydrogen) atoms. The maximum atomic E-state index is 12.1. The van der Waals surface area contributed by atoms with Gasteiger partial charge in [-0.1, -0.05) is 6.07 Å². The van der Waals surface area contributed by atoms with Gasteiger partial charge in [-0.2, -0.15) is 0 Å². The van der Waals surface area contributed by atoms with Crippen LogP contribution in [0.15, 0.2) is 41.7 Å². The predicted octanol–water partition coefficient (Wildman–Crippen LogP) is 1.68. The largest absolute Gasteiger partial charge is 0.396 e. The quantitative estimate of drug-likeness (QED) is 0.895. The van der Waals surface area contributed by atoms with Crippen molar-refractivity contribution in [3.05, 3.63) is 47.9 Å². The number of hydrogen-bond acceptors (Lipinski definition) is 4. The average molecular weight is 247 g/mol. The van der Waals surface area contributed by atoms with E-state index in [-0.39, 0.29) is 0 Å². The molecule has 1 unspecified atom stereocenters. The van der Waals surface area contributed by atoms with Crippen molar-refractivity contribution in [2.24, 2.45) is 0 Å². The monoisotopic (exact) mass is 247 g/mol. The van der Waals surface area contributed by atoms with Gasteiger partial charge in [-0.05, 0) is 30.7 Å². The number of anilines is 1. The molecule has 0 amide bonds. The first-order chi connectivity index (χ1) is 8.18. The highest BCUT2D eigenvalue weighted by Crippen LogP contribution is 2.16. The summed E-state index contributed by atoms with van der Waals surface area (Å²) in [6.45, 7) is 1.95. The summed E-state index contributed by atoms with van der Waals surface area (Å²) < 4.78 is 12.1. The van der Waals surface area contributed by atoms with Crippen LogP contribution in [-0.4, -0.2) is 14.2 Å². The molecule has 0 radical (unpaired) electrons. The molecule has 0 aromatic carbocycles. The average Bonchev–Trinajstić information content (AvgIpc) is 2.32. The fourth-order valence-electron chi connectivity index (χ4n) is 1.46. The van der Waals surface area contributed by atoms with Gasteiger partial charge in [0.25, 0.3) is 0 Å². The van der Waals surface area contributed by atoms with Crippen LogP contribution < -0.4 is 5.73 Å². The van der Waals surface area contributed by atoms with Crippen LogP contribution in [0.4, 0.5) is 5.69 Å². The molecule has 4 nitrogen and oxygen atoms in total. The first kappa shape index (κ1) is 11.7. The summed E-state index contributed by atoms with van der Waals surface area (Å²) in [6.07, 6.45) is 3.29. The van der Waals surface area contributed by atoms with Crippen LogP contribution in [0, 0.1) is 6.92 Å². The van der Waals surface area contributed by atoms with E-state index in [0.29, 0.717) is 16.5 Å². The van der Waals surface area contributed by atoms with Gasteiger partial charge in [-0.15, -0.1) is 0 Å². The molecule has 0 aliphatic rings. The molecule has 0 fully saturated rings. The molecule has 5 heteroatoms. The highest BCUT2D eigenvalue weighted by atomic mass is 32.2. The lowest BCUT2D eigenvalue weighted by Crippen LogP contribution is -2.05. The van der Waals surface area contributed by atoms with Crippen LogP contribution in [0.2, 0.25) is 0 Å². The van der Waals surface area contributed by atoms with Crippen LogP contribution in [-0.2, 0) is 16.6 Å². The lowest BCUT2D eigenvalue weighted by Gasteiger charge is -2.05. The summed E-state index contributed by atoms with van der Waals surface area (Å²) in [5.41, 5.74) is 8.03. The molecular weight excluding hydrogens is 234 g/mol. The van der Waals surface area contributed by atoms with E-state index in [2.05, 4.69) is 9.97 Å². The highest BCUT2D eigenvalue weighted by molar-refractivity contribution is 7.84. The predicted molar refractivity (Wildman–Crippen MR) is 67.7 cm³/mol. The molecule has 0 saturated heterocycles.